The summed E-state index contributed by atoms with van der Waals surface area (Å²) in [7, 11) is 0. The molecule has 0 spiro atoms. The molecule has 2 nitrogen and oxygen atoms in total. The van der Waals surface area contributed by atoms with E-state index in [-0.39, 0.29) is 11.4 Å². The van der Waals surface area contributed by atoms with Crippen LogP contribution >= 0.6 is 15.9 Å². The molecular weight excluding hydrogens is 326 g/mol. The van der Waals surface area contributed by atoms with Crippen molar-refractivity contribution in [2.75, 3.05) is 0 Å². The standard InChI is InChI=1S/C18H18BrNO/c1-12-3-4-13(2)16(11-12)17(21)20-18(9-10-18)14-5-7-15(19)8-6-14/h3-8,11H,9-10H2,1-2H3,(H,20,21). The molecule has 0 aromatic heterocycles. The number of hydrogen-bond acceptors (Lipinski definition) is 1. The number of rotatable bonds is 3. The van der Waals surface area contributed by atoms with Crippen molar-refractivity contribution >= 4 is 21.8 Å². The Morgan fingerprint density at radius 1 is 1.10 bits per heavy atom. The molecule has 21 heavy (non-hydrogen) atoms. The lowest BCUT2D eigenvalue weighted by Gasteiger charge is -2.19. The van der Waals surface area contributed by atoms with Crippen molar-refractivity contribution in [2.45, 2.75) is 32.2 Å². The molecule has 0 heterocycles. The molecule has 2 aromatic carbocycles. The largest absolute Gasteiger partial charge is 0.343 e. The molecule has 0 unspecified atom stereocenters. The number of halogens is 1. The Kier molecular flexibility index (Phi) is 3.62. The first-order chi connectivity index (χ1) is 10.00. The van der Waals surface area contributed by atoms with Crippen molar-refractivity contribution in [3.63, 3.8) is 0 Å². The van der Waals surface area contributed by atoms with Crippen molar-refractivity contribution in [1.82, 2.24) is 5.32 Å². The van der Waals surface area contributed by atoms with E-state index >= 15 is 0 Å². The lowest BCUT2D eigenvalue weighted by Crippen LogP contribution is -2.35. The third-order valence-corrected chi connectivity index (χ3v) is 4.67. The van der Waals surface area contributed by atoms with Crippen LogP contribution in [-0.2, 0) is 5.54 Å². The predicted molar refractivity (Wildman–Crippen MR) is 88.4 cm³/mol. The van der Waals surface area contributed by atoms with Crippen LogP contribution in [0.3, 0.4) is 0 Å². The molecule has 0 saturated heterocycles. The van der Waals surface area contributed by atoms with Crippen LogP contribution in [0.4, 0.5) is 0 Å². The summed E-state index contributed by atoms with van der Waals surface area (Å²) < 4.78 is 1.06. The van der Waals surface area contributed by atoms with E-state index in [0.29, 0.717) is 0 Å². The van der Waals surface area contributed by atoms with E-state index in [4.69, 9.17) is 0 Å². The van der Waals surface area contributed by atoms with E-state index in [2.05, 4.69) is 33.4 Å². The predicted octanol–water partition coefficient (Wildman–Crippen LogP) is 4.49. The first-order valence-corrected chi connectivity index (χ1v) is 7.95. The van der Waals surface area contributed by atoms with E-state index in [1.165, 1.54) is 5.56 Å². The molecule has 2 aromatic rings. The van der Waals surface area contributed by atoms with Crippen LogP contribution in [0, 0.1) is 13.8 Å². The van der Waals surface area contributed by atoms with E-state index in [1.54, 1.807) is 0 Å². The van der Waals surface area contributed by atoms with E-state index in [1.807, 2.05) is 44.2 Å². The summed E-state index contributed by atoms with van der Waals surface area (Å²) in [5.41, 5.74) is 3.92. The Bertz CT molecular complexity index is 687. The van der Waals surface area contributed by atoms with Crippen LogP contribution in [0.15, 0.2) is 46.9 Å². The van der Waals surface area contributed by atoms with Gasteiger partial charge in [0.1, 0.15) is 0 Å². The van der Waals surface area contributed by atoms with Gasteiger partial charge < -0.3 is 5.32 Å². The fourth-order valence-electron chi connectivity index (χ4n) is 2.64. The number of hydrogen-bond donors (Lipinski definition) is 1. The van der Waals surface area contributed by atoms with Crippen molar-refractivity contribution < 1.29 is 4.79 Å². The van der Waals surface area contributed by atoms with Gasteiger partial charge in [-0.1, -0.05) is 45.8 Å². The first-order valence-electron chi connectivity index (χ1n) is 7.16. The molecule has 1 saturated carbocycles. The molecule has 108 valence electrons. The van der Waals surface area contributed by atoms with Crippen molar-refractivity contribution in [3.8, 4) is 0 Å². The van der Waals surface area contributed by atoms with Crippen LogP contribution in [-0.4, -0.2) is 5.91 Å². The number of benzene rings is 2. The number of carbonyl (C=O) groups is 1. The van der Waals surface area contributed by atoms with Gasteiger partial charge >= 0.3 is 0 Å². The second-order valence-electron chi connectivity index (χ2n) is 5.86. The molecular formula is C18H18BrNO. The van der Waals surface area contributed by atoms with Gasteiger partial charge in [-0.05, 0) is 56.0 Å². The van der Waals surface area contributed by atoms with E-state index < -0.39 is 0 Å². The minimum absolute atomic E-state index is 0.0246. The lowest BCUT2D eigenvalue weighted by molar-refractivity contribution is 0.0930. The average molecular weight is 344 g/mol. The molecule has 0 aliphatic heterocycles. The van der Waals surface area contributed by atoms with E-state index in [9.17, 15) is 4.79 Å². The zero-order valence-corrected chi connectivity index (χ0v) is 13.8. The summed E-state index contributed by atoms with van der Waals surface area (Å²) in [6.45, 7) is 3.99. The Morgan fingerprint density at radius 2 is 1.76 bits per heavy atom. The highest BCUT2D eigenvalue weighted by Gasteiger charge is 2.45. The fourth-order valence-corrected chi connectivity index (χ4v) is 2.91. The topological polar surface area (TPSA) is 29.1 Å². The molecule has 3 heteroatoms. The SMILES string of the molecule is Cc1ccc(C)c(C(=O)NC2(c3ccc(Br)cc3)CC2)c1. The Morgan fingerprint density at radius 3 is 2.38 bits per heavy atom. The van der Waals surface area contributed by atoms with Gasteiger partial charge in [0.15, 0.2) is 0 Å². The average Bonchev–Trinajstić information content (AvgIpc) is 3.23. The quantitative estimate of drug-likeness (QED) is 0.874. The van der Waals surface area contributed by atoms with Crippen LogP contribution in [0.5, 0.6) is 0 Å². The molecule has 1 N–H and O–H groups in total. The maximum absolute atomic E-state index is 12.6. The second-order valence-corrected chi connectivity index (χ2v) is 6.78. The minimum atomic E-state index is -0.173. The van der Waals surface area contributed by atoms with Gasteiger partial charge in [0, 0.05) is 10.0 Å². The molecule has 1 aliphatic rings. The molecule has 1 fully saturated rings. The normalized spacial score (nSPS) is 15.6. The molecule has 1 amide bonds. The van der Waals surface area contributed by atoms with Gasteiger partial charge in [0.25, 0.3) is 5.91 Å². The number of nitrogens with one attached hydrogen (secondary N) is 1. The summed E-state index contributed by atoms with van der Waals surface area (Å²) >= 11 is 3.45. The van der Waals surface area contributed by atoms with Gasteiger partial charge in [-0.2, -0.15) is 0 Å². The third kappa shape index (κ3) is 2.88. The number of carbonyl (C=O) groups excluding carboxylic acids is 1. The monoisotopic (exact) mass is 343 g/mol. The highest BCUT2D eigenvalue weighted by molar-refractivity contribution is 9.10. The van der Waals surface area contributed by atoms with Crippen molar-refractivity contribution in [3.05, 3.63) is 69.2 Å². The Labute approximate surface area is 133 Å². The smallest absolute Gasteiger partial charge is 0.252 e. The number of amides is 1. The molecule has 0 bridgehead atoms. The lowest BCUT2D eigenvalue weighted by atomic mass is 10.0. The highest BCUT2D eigenvalue weighted by Crippen LogP contribution is 2.45. The van der Waals surface area contributed by atoms with Crippen LogP contribution < -0.4 is 5.32 Å². The van der Waals surface area contributed by atoms with Gasteiger partial charge in [-0.15, -0.1) is 0 Å². The third-order valence-electron chi connectivity index (χ3n) is 4.14. The van der Waals surface area contributed by atoms with Gasteiger partial charge in [0.2, 0.25) is 0 Å². The van der Waals surface area contributed by atoms with Crippen LogP contribution in [0.1, 0.15) is 39.9 Å². The molecule has 3 rings (SSSR count). The molecule has 1 aliphatic carbocycles. The van der Waals surface area contributed by atoms with Gasteiger partial charge in [0.05, 0.1) is 5.54 Å². The maximum atomic E-state index is 12.6. The minimum Gasteiger partial charge on any atom is -0.343 e. The maximum Gasteiger partial charge on any atom is 0.252 e. The summed E-state index contributed by atoms with van der Waals surface area (Å²) in [4.78, 5) is 12.6. The second kappa shape index (κ2) is 5.30. The van der Waals surface area contributed by atoms with Gasteiger partial charge in [-0.3, -0.25) is 4.79 Å². The Hall–Kier alpha value is -1.61. The molecule has 0 radical (unpaired) electrons. The van der Waals surface area contributed by atoms with Gasteiger partial charge in [-0.25, -0.2) is 0 Å². The number of aryl methyl sites for hydroxylation is 2. The highest BCUT2D eigenvalue weighted by atomic mass is 79.9. The summed E-state index contributed by atoms with van der Waals surface area (Å²) in [6, 6.07) is 14.2. The summed E-state index contributed by atoms with van der Waals surface area (Å²) in [6.07, 6.45) is 2.01. The Balaban J connectivity index is 1.84. The first kappa shape index (κ1) is 14.3. The zero-order valence-electron chi connectivity index (χ0n) is 12.2. The van der Waals surface area contributed by atoms with Crippen LogP contribution in [0.2, 0.25) is 0 Å². The molecule has 0 atom stereocenters. The van der Waals surface area contributed by atoms with Crippen molar-refractivity contribution in [2.24, 2.45) is 0 Å². The summed E-state index contributed by atoms with van der Waals surface area (Å²) in [5.74, 6) is 0.0246. The van der Waals surface area contributed by atoms with Crippen molar-refractivity contribution in [1.29, 1.82) is 0 Å². The van der Waals surface area contributed by atoms with E-state index in [0.717, 1.165) is 34.0 Å². The fraction of sp³-hybridized carbons (Fsp3) is 0.278. The zero-order chi connectivity index (χ0) is 15.0. The van der Waals surface area contributed by atoms with Crippen LogP contribution in [0.25, 0.3) is 0 Å². The summed E-state index contributed by atoms with van der Waals surface area (Å²) in [5, 5.41) is 3.23.